The molecule has 0 unspecified atom stereocenters. The zero-order valence-electron chi connectivity index (χ0n) is 48.6. The molecule has 0 saturated carbocycles. The molecule has 418 valence electrons. The van der Waals surface area contributed by atoms with Crippen molar-refractivity contribution in [1.82, 2.24) is 0 Å². The number of benzene rings is 14. The molecule has 0 atom stereocenters. The second-order valence-corrected chi connectivity index (χ2v) is 21.8. The molecule has 88 heavy (non-hydrogen) atoms. The predicted molar refractivity (Wildman–Crippen MR) is 372 cm³/mol. The molecule has 4 nitrogen and oxygen atoms in total. The molecular formula is C84H62N4. The van der Waals surface area contributed by atoms with Gasteiger partial charge in [0.15, 0.2) is 0 Å². The van der Waals surface area contributed by atoms with Crippen LogP contribution in [-0.4, -0.2) is 0 Å². The van der Waals surface area contributed by atoms with Crippen LogP contribution in [0.3, 0.4) is 0 Å². The van der Waals surface area contributed by atoms with E-state index in [9.17, 15) is 0 Å². The largest absolute Gasteiger partial charge is 0.311 e. The van der Waals surface area contributed by atoms with Gasteiger partial charge >= 0.3 is 0 Å². The Labute approximate surface area is 516 Å². The van der Waals surface area contributed by atoms with E-state index < -0.39 is 0 Å². The average molecular weight is 1130 g/mol. The molecular weight excluding hydrogens is 1060 g/mol. The van der Waals surface area contributed by atoms with Crippen molar-refractivity contribution in [3.8, 4) is 55.6 Å². The molecule has 0 bridgehead atoms. The minimum absolute atomic E-state index is 1.08. The Kier molecular flexibility index (Phi) is 15.6. The third-order valence-corrected chi connectivity index (χ3v) is 16.3. The van der Waals surface area contributed by atoms with E-state index in [1.54, 1.807) is 0 Å². The SMILES string of the molecule is c1ccc(-c2ccc(N(c3ccccc3)c3ccc(-c4ccc(N(c5ccccc5)c5ccc(-c6ccc(N(c7ccccc7)c7ccc(-c8ccc(N(c9ccccc9)c9ccc(-c%10ccccc%10)cc9)cc8)cc7)cc6)cc5)cc4)cc3)cc2)cc1. The Hall–Kier alpha value is -11.7. The standard InChI is InChI=1S/C84H62N4/c1-7-19-63(20-8-1)65-31-47-77(48-32-65)85(73-23-11-3-12-24-73)79-51-35-67(36-52-79)69-39-55-81(56-40-69)87(75-27-15-5-16-28-75)83-59-43-71(44-60-83)72-45-61-84(62-46-72)88(76-29-17-6-18-30-76)82-57-41-70(42-58-82)68-37-53-80(54-38-68)86(74-25-13-4-14-26-74)78-49-33-66(34-50-78)64-21-9-2-10-22-64/h1-62H. The predicted octanol–water partition coefficient (Wildman–Crippen LogP) is 23.9. The Morgan fingerprint density at radius 3 is 0.330 bits per heavy atom. The summed E-state index contributed by atoms with van der Waals surface area (Å²) in [5.41, 5.74) is 24.8. The summed E-state index contributed by atoms with van der Waals surface area (Å²) in [5, 5.41) is 0. The van der Waals surface area contributed by atoms with Gasteiger partial charge in [-0.3, -0.25) is 0 Å². The normalized spacial score (nSPS) is 11.0. The summed E-state index contributed by atoms with van der Waals surface area (Å²) in [7, 11) is 0. The molecule has 14 aromatic rings. The molecule has 0 aromatic heterocycles. The van der Waals surface area contributed by atoms with Crippen LogP contribution in [0.15, 0.2) is 376 Å². The van der Waals surface area contributed by atoms with E-state index in [2.05, 4.69) is 396 Å². The zero-order valence-corrected chi connectivity index (χ0v) is 48.6. The van der Waals surface area contributed by atoms with Gasteiger partial charge in [-0.1, -0.05) is 231 Å². The first kappa shape index (κ1) is 54.2. The summed E-state index contributed by atoms with van der Waals surface area (Å²) in [6.45, 7) is 0. The van der Waals surface area contributed by atoms with E-state index in [1.165, 1.54) is 22.3 Å². The summed E-state index contributed by atoms with van der Waals surface area (Å²) >= 11 is 0. The second kappa shape index (κ2) is 25.2. The van der Waals surface area contributed by atoms with Gasteiger partial charge in [-0.25, -0.2) is 0 Å². The Bertz CT molecular complexity index is 4190. The topological polar surface area (TPSA) is 13.0 Å². The summed E-state index contributed by atoms with van der Waals surface area (Å²) in [5.74, 6) is 0. The van der Waals surface area contributed by atoms with Crippen molar-refractivity contribution in [2.75, 3.05) is 19.6 Å². The van der Waals surface area contributed by atoms with Gasteiger partial charge in [-0.15, -0.1) is 0 Å². The molecule has 14 aromatic carbocycles. The highest BCUT2D eigenvalue weighted by Crippen LogP contribution is 2.42. The van der Waals surface area contributed by atoms with Crippen LogP contribution < -0.4 is 19.6 Å². The van der Waals surface area contributed by atoms with E-state index in [-0.39, 0.29) is 0 Å². The molecule has 0 saturated heterocycles. The van der Waals surface area contributed by atoms with Gasteiger partial charge < -0.3 is 19.6 Å². The minimum Gasteiger partial charge on any atom is -0.311 e. The van der Waals surface area contributed by atoms with E-state index in [1.807, 2.05) is 0 Å². The third kappa shape index (κ3) is 11.7. The van der Waals surface area contributed by atoms with Gasteiger partial charge in [-0.05, 0) is 201 Å². The first-order valence-corrected chi connectivity index (χ1v) is 30.0. The molecule has 0 aliphatic carbocycles. The summed E-state index contributed by atoms with van der Waals surface area (Å²) in [6.07, 6.45) is 0. The average Bonchev–Trinajstić information content (AvgIpc) is 3.75. The molecule has 0 radical (unpaired) electrons. The maximum atomic E-state index is 2.32. The number of anilines is 12. The van der Waals surface area contributed by atoms with Crippen molar-refractivity contribution < 1.29 is 0 Å². The number of nitrogens with zero attached hydrogens (tertiary/aromatic N) is 4. The first-order chi connectivity index (χ1) is 43.6. The molecule has 0 aliphatic heterocycles. The van der Waals surface area contributed by atoms with Gasteiger partial charge in [0.05, 0.1) is 0 Å². The Morgan fingerprint density at radius 1 is 0.0909 bits per heavy atom. The van der Waals surface area contributed by atoms with Crippen LogP contribution in [0.5, 0.6) is 0 Å². The van der Waals surface area contributed by atoms with E-state index in [0.717, 1.165) is 102 Å². The van der Waals surface area contributed by atoms with Gasteiger partial charge in [0.1, 0.15) is 0 Å². The van der Waals surface area contributed by atoms with Gasteiger partial charge in [0.25, 0.3) is 0 Å². The first-order valence-electron chi connectivity index (χ1n) is 30.0. The second-order valence-electron chi connectivity index (χ2n) is 21.8. The van der Waals surface area contributed by atoms with Crippen molar-refractivity contribution in [2.45, 2.75) is 0 Å². The number of hydrogen-bond donors (Lipinski definition) is 0. The fourth-order valence-electron chi connectivity index (χ4n) is 11.8. The van der Waals surface area contributed by atoms with Crippen LogP contribution in [0.1, 0.15) is 0 Å². The maximum Gasteiger partial charge on any atom is 0.0462 e. The lowest BCUT2D eigenvalue weighted by atomic mass is 10.0. The summed E-state index contributed by atoms with van der Waals surface area (Å²) in [4.78, 5) is 9.28. The highest BCUT2D eigenvalue weighted by atomic mass is 15.2. The van der Waals surface area contributed by atoms with Crippen LogP contribution in [0.2, 0.25) is 0 Å². The van der Waals surface area contributed by atoms with Crippen molar-refractivity contribution in [2.24, 2.45) is 0 Å². The summed E-state index contributed by atoms with van der Waals surface area (Å²) < 4.78 is 0. The van der Waals surface area contributed by atoms with Crippen molar-refractivity contribution in [1.29, 1.82) is 0 Å². The minimum atomic E-state index is 1.08. The van der Waals surface area contributed by atoms with Crippen molar-refractivity contribution >= 4 is 68.2 Å². The van der Waals surface area contributed by atoms with Gasteiger partial charge in [0, 0.05) is 68.2 Å². The highest BCUT2D eigenvalue weighted by Gasteiger charge is 2.19. The maximum absolute atomic E-state index is 2.32. The third-order valence-electron chi connectivity index (χ3n) is 16.3. The molecule has 4 heteroatoms. The fraction of sp³-hybridized carbons (Fsp3) is 0. The van der Waals surface area contributed by atoms with Crippen LogP contribution in [0.25, 0.3) is 55.6 Å². The molecule has 0 fully saturated rings. The van der Waals surface area contributed by atoms with Crippen molar-refractivity contribution in [3.05, 3.63) is 376 Å². The Balaban J connectivity index is 0.683. The lowest BCUT2D eigenvalue weighted by Gasteiger charge is -2.27. The van der Waals surface area contributed by atoms with Gasteiger partial charge in [0.2, 0.25) is 0 Å². The molecule has 14 rings (SSSR count). The Morgan fingerprint density at radius 2 is 0.193 bits per heavy atom. The number of para-hydroxylation sites is 4. The molecule has 0 heterocycles. The lowest BCUT2D eigenvalue weighted by Crippen LogP contribution is -2.10. The molecule has 0 spiro atoms. The van der Waals surface area contributed by atoms with E-state index in [0.29, 0.717) is 0 Å². The van der Waals surface area contributed by atoms with Gasteiger partial charge in [-0.2, -0.15) is 0 Å². The van der Waals surface area contributed by atoms with Crippen LogP contribution in [0.4, 0.5) is 68.2 Å². The fourth-order valence-corrected chi connectivity index (χ4v) is 11.8. The lowest BCUT2D eigenvalue weighted by molar-refractivity contribution is 1.28. The monoisotopic (exact) mass is 1130 g/mol. The molecule has 0 aliphatic rings. The molecule has 0 N–H and O–H groups in total. The van der Waals surface area contributed by atoms with Crippen LogP contribution >= 0.6 is 0 Å². The van der Waals surface area contributed by atoms with E-state index in [4.69, 9.17) is 0 Å². The quantitative estimate of drug-likeness (QED) is 0.0901. The highest BCUT2D eigenvalue weighted by molar-refractivity contribution is 5.85. The zero-order chi connectivity index (χ0) is 58.9. The van der Waals surface area contributed by atoms with Crippen molar-refractivity contribution in [3.63, 3.8) is 0 Å². The number of rotatable bonds is 17. The summed E-state index contributed by atoms with van der Waals surface area (Å²) in [6, 6.07) is 135. The van der Waals surface area contributed by atoms with E-state index >= 15 is 0 Å². The van der Waals surface area contributed by atoms with Crippen LogP contribution in [0, 0.1) is 0 Å². The number of hydrogen-bond acceptors (Lipinski definition) is 4. The molecule has 0 amide bonds. The smallest absolute Gasteiger partial charge is 0.0462 e. The van der Waals surface area contributed by atoms with Crippen LogP contribution in [-0.2, 0) is 0 Å².